The van der Waals surface area contributed by atoms with Crippen LogP contribution in [0.1, 0.15) is 34.9 Å². The monoisotopic (exact) mass is 391 g/mol. The van der Waals surface area contributed by atoms with Gasteiger partial charge in [0.25, 0.3) is 5.91 Å². The topological polar surface area (TPSA) is 99.9 Å². The van der Waals surface area contributed by atoms with Gasteiger partial charge in [-0.25, -0.2) is 14.5 Å². The van der Waals surface area contributed by atoms with E-state index in [1.54, 1.807) is 22.2 Å². The van der Waals surface area contributed by atoms with Gasteiger partial charge in [-0.2, -0.15) is 0 Å². The van der Waals surface area contributed by atoms with E-state index in [1.807, 2.05) is 0 Å². The second-order valence-electron chi connectivity index (χ2n) is 6.97. The van der Waals surface area contributed by atoms with Crippen LogP contribution in [0.4, 0.5) is 0 Å². The molecule has 10 heteroatoms. The molecule has 1 aliphatic heterocycles. The second kappa shape index (κ2) is 6.79. The summed E-state index contributed by atoms with van der Waals surface area (Å²) in [5.74, 6) is -0.305. The number of fused-ring (bicyclic) bond motifs is 5. The Morgan fingerprint density at radius 3 is 2.96 bits per heavy atom. The number of hydrogen-bond acceptors (Lipinski definition) is 8. The smallest absolute Gasteiger partial charge is 0.291 e. The highest BCUT2D eigenvalue weighted by Gasteiger charge is 2.31. The van der Waals surface area contributed by atoms with E-state index in [9.17, 15) is 4.79 Å². The molecule has 3 aromatic heterocycles. The Kier molecular flexibility index (Phi) is 4.58. The van der Waals surface area contributed by atoms with Crippen LogP contribution in [-0.4, -0.2) is 58.1 Å². The number of rotatable bonds is 5. The Morgan fingerprint density at radius 1 is 1.44 bits per heavy atom. The van der Waals surface area contributed by atoms with Crippen molar-refractivity contribution >= 4 is 33.1 Å². The summed E-state index contributed by atoms with van der Waals surface area (Å²) in [6.45, 7) is 4.90. The number of aromatic nitrogens is 4. The first-order valence-electron chi connectivity index (χ1n) is 8.55. The minimum atomic E-state index is -0.523. The third-order valence-corrected chi connectivity index (χ3v) is 5.68. The summed E-state index contributed by atoms with van der Waals surface area (Å²) in [5.41, 5.74) is 1.57. The lowest BCUT2D eigenvalue weighted by atomic mass is 9.94. The van der Waals surface area contributed by atoms with Crippen molar-refractivity contribution in [3.63, 3.8) is 0 Å². The van der Waals surface area contributed by atoms with Crippen LogP contribution in [0.25, 0.3) is 15.9 Å². The molecule has 1 amide bonds. The number of amides is 1. The molecule has 0 atom stereocenters. The van der Waals surface area contributed by atoms with E-state index >= 15 is 0 Å². The van der Waals surface area contributed by atoms with Crippen molar-refractivity contribution in [1.29, 1.82) is 0 Å². The van der Waals surface area contributed by atoms with Crippen LogP contribution in [0.3, 0.4) is 0 Å². The largest absolute Gasteiger partial charge is 0.370 e. The molecule has 0 spiro atoms. The van der Waals surface area contributed by atoms with Gasteiger partial charge in [-0.1, -0.05) is 0 Å². The van der Waals surface area contributed by atoms with Crippen LogP contribution in [0.2, 0.25) is 0 Å². The van der Waals surface area contributed by atoms with E-state index in [1.165, 1.54) is 19.8 Å². The molecule has 0 fully saturated rings. The van der Waals surface area contributed by atoms with Crippen molar-refractivity contribution < 1.29 is 19.0 Å². The van der Waals surface area contributed by atoms with Gasteiger partial charge in [-0.3, -0.25) is 4.79 Å². The van der Waals surface area contributed by atoms with Gasteiger partial charge >= 0.3 is 0 Å². The molecule has 27 heavy (non-hydrogen) atoms. The van der Waals surface area contributed by atoms with E-state index in [-0.39, 0.29) is 18.0 Å². The van der Waals surface area contributed by atoms with Gasteiger partial charge in [0.05, 0.1) is 24.1 Å². The van der Waals surface area contributed by atoms with Gasteiger partial charge in [-0.05, 0) is 19.4 Å². The lowest BCUT2D eigenvalue weighted by molar-refractivity contribution is -0.0974. The normalized spacial score (nSPS) is 16.2. The van der Waals surface area contributed by atoms with Gasteiger partial charge in [-0.15, -0.1) is 16.4 Å². The van der Waals surface area contributed by atoms with Gasteiger partial charge in [0, 0.05) is 25.5 Å². The van der Waals surface area contributed by atoms with Crippen molar-refractivity contribution in [3.8, 4) is 0 Å². The van der Waals surface area contributed by atoms with Gasteiger partial charge in [0.2, 0.25) is 5.82 Å². The average Bonchev–Trinajstić information content (AvgIpc) is 3.22. The summed E-state index contributed by atoms with van der Waals surface area (Å²) in [5, 5.41) is 7.95. The highest BCUT2D eigenvalue weighted by molar-refractivity contribution is 7.19. The molecule has 4 rings (SSSR count). The number of nitrogens with zero attached hydrogens (tertiary/aromatic N) is 4. The van der Waals surface area contributed by atoms with Crippen molar-refractivity contribution in [2.75, 3.05) is 20.8 Å². The number of thiophene rings is 1. The highest BCUT2D eigenvalue weighted by atomic mass is 32.1. The van der Waals surface area contributed by atoms with E-state index in [0.717, 1.165) is 21.5 Å². The molecule has 1 aliphatic rings. The average molecular weight is 391 g/mol. The fraction of sp³-hybridized carbons (Fsp3) is 0.529. The Morgan fingerprint density at radius 2 is 2.22 bits per heavy atom. The van der Waals surface area contributed by atoms with Crippen molar-refractivity contribution in [3.05, 3.63) is 22.6 Å². The molecule has 144 valence electrons. The zero-order valence-electron chi connectivity index (χ0n) is 15.6. The van der Waals surface area contributed by atoms with E-state index < -0.39 is 12.2 Å². The third kappa shape index (κ3) is 3.29. The molecule has 0 unspecified atom stereocenters. The fourth-order valence-corrected chi connectivity index (χ4v) is 4.22. The minimum Gasteiger partial charge on any atom is -0.370 e. The lowest BCUT2D eigenvalue weighted by Crippen LogP contribution is -2.34. The van der Waals surface area contributed by atoms with Gasteiger partial charge < -0.3 is 19.5 Å². The summed E-state index contributed by atoms with van der Waals surface area (Å²) in [6.07, 6.45) is 1.83. The molecule has 0 saturated carbocycles. The molecule has 9 nitrogen and oxygen atoms in total. The van der Waals surface area contributed by atoms with Crippen LogP contribution < -0.4 is 5.32 Å². The van der Waals surface area contributed by atoms with Gasteiger partial charge in [0.1, 0.15) is 11.2 Å². The standard InChI is InChI=1S/C17H21N5O4S/c1-17(2)5-9-10(7-26-17)27-16-12(9)14-20-13(21-22(14)8-19-16)15(23)18-6-11(24-3)25-4/h8,11H,5-7H2,1-4H3,(H,18,23). The Hall–Kier alpha value is -2.14. The van der Waals surface area contributed by atoms with E-state index in [4.69, 9.17) is 14.2 Å². The molecule has 1 N–H and O–H groups in total. The molecule has 0 aromatic carbocycles. The van der Waals surface area contributed by atoms with Crippen molar-refractivity contribution in [1.82, 2.24) is 24.9 Å². The number of ether oxygens (including phenoxy) is 3. The molecule has 3 aromatic rings. The maximum Gasteiger partial charge on any atom is 0.291 e. The summed E-state index contributed by atoms with van der Waals surface area (Å²) in [4.78, 5) is 23.4. The fourth-order valence-electron chi connectivity index (χ4n) is 3.16. The maximum absolute atomic E-state index is 12.4. The number of methoxy groups -OCH3 is 2. The molecular weight excluding hydrogens is 370 g/mol. The molecular formula is C17H21N5O4S. The molecule has 0 aliphatic carbocycles. The van der Waals surface area contributed by atoms with Crippen LogP contribution in [0, 0.1) is 0 Å². The zero-order chi connectivity index (χ0) is 19.2. The first-order valence-corrected chi connectivity index (χ1v) is 9.37. The molecule has 0 saturated heterocycles. The predicted molar refractivity (Wildman–Crippen MR) is 98.9 cm³/mol. The van der Waals surface area contributed by atoms with Crippen LogP contribution in [-0.2, 0) is 27.2 Å². The Balaban J connectivity index is 1.71. The van der Waals surface area contributed by atoms with Crippen LogP contribution in [0.5, 0.6) is 0 Å². The summed E-state index contributed by atoms with van der Waals surface area (Å²) >= 11 is 1.60. The Bertz CT molecular complexity index is 1010. The number of hydrogen-bond donors (Lipinski definition) is 1. The van der Waals surface area contributed by atoms with Crippen molar-refractivity contribution in [2.24, 2.45) is 0 Å². The predicted octanol–water partition coefficient (Wildman–Crippen LogP) is 1.54. The zero-order valence-corrected chi connectivity index (χ0v) is 16.4. The second-order valence-corrected chi connectivity index (χ2v) is 8.05. The molecule has 0 radical (unpaired) electrons. The first kappa shape index (κ1) is 18.2. The van der Waals surface area contributed by atoms with Crippen LogP contribution in [0.15, 0.2) is 6.33 Å². The highest BCUT2D eigenvalue weighted by Crippen LogP contribution is 2.39. The summed E-state index contributed by atoms with van der Waals surface area (Å²) < 4.78 is 17.6. The van der Waals surface area contributed by atoms with Crippen molar-refractivity contribution in [2.45, 2.75) is 38.8 Å². The number of carbonyl (C=O) groups excluding carboxylic acids is 1. The summed E-state index contributed by atoms with van der Waals surface area (Å²) in [6, 6.07) is 0. The van der Waals surface area contributed by atoms with Crippen LogP contribution >= 0.6 is 11.3 Å². The SMILES string of the molecule is COC(CNC(=O)c1nc2c3c4c(sc3ncn2n1)COC(C)(C)C4)OC. The van der Waals surface area contributed by atoms with Gasteiger partial charge in [0.15, 0.2) is 11.9 Å². The van der Waals surface area contributed by atoms with E-state index in [2.05, 4.69) is 34.2 Å². The molecule has 0 bridgehead atoms. The maximum atomic E-state index is 12.4. The minimum absolute atomic E-state index is 0.0847. The third-order valence-electron chi connectivity index (χ3n) is 4.57. The number of carbonyl (C=O) groups is 1. The van der Waals surface area contributed by atoms with E-state index in [0.29, 0.717) is 12.3 Å². The lowest BCUT2D eigenvalue weighted by Gasteiger charge is -2.30. The first-order chi connectivity index (χ1) is 12.9. The summed E-state index contributed by atoms with van der Waals surface area (Å²) in [7, 11) is 3.02. The quantitative estimate of drug-likeness (QED) is 0.659. The molecule has 4 heterocycles. The number of nitrogens with one attached hydrogen (secondary N) is 1. The Labute approximate surface area is 159 Å².